The molecule has 0 atom stereocenters. The number of unbranched alkanes of at least 4 members (excludes halogenated alkanes) is 1. The van der Waals surface area contributed by atoms with Crippen LogP contribution in [0.25, 0.3) is 0 Å². The summed E-state index contributed by atoms with van der Waals surface area (Å²) in [6.45, 7) is 6.33. The van der Waals surface area contributed by atoms with Crippen LogP contribution >= 0.6 is 0 Å². The molecule has 0 amide bonds. The van der Waals surface area contributed by atoms with Crippen molar-refractivity contribution in [3.8, 4) is 5.75 Å². The summed E-state index contributed by atoms with van der Waals surface area (Å²) in [5.74, 6) is 1.45. The molecule has 0 saturated heterocycles. The van der Waals surface area contributed by atoms with Crippen molar-refractivity contribution < 1.29 is 9.13 Å². The lowest BCUT2D eigenvalue weighted by Gasteiger charge is -2.08. The normalized spacial score (nSPS) is 11.7. The average Bonchev–Trinajstić information content (AvgIpc) is 2.42. The van der Waals surface area contributed by atoms with E-state index in [9.17, 15) is 4.39 Å². The van der Waals surface area contributed by atoms with Crippen LogP contribution in [0.1, 0.15) is 26.7 Å². The molecule has 1 rings (SSSR count). The van der Waals surface area contributed by atoms with Gasteiger partial charge < -0.3 is 15.8 Å². The van der Waals surface area contributed by atoms with Crippen LogP contribution in [0.3, 0.4) is 0 Å². The molecule has 0 aliphatic heterocycles. The summed E-state index contributed by atoms with van der Waals surface area (Å²) in [6, 6.07) is 6.04. The van der Waals surface area contributed by atoms with Gasteiger partial charge in [-0.15, -0.1) is 0 Å². The summed E-state index contributed by atoms with van der Waals surface area (Å²) < 4.78 is 18.2. The van der Waals surface area contributed by atoms with Gasteiger partial charge in [0.05, 0.1) is 6.61 Å². The van der Waals surface area contributed by atoms with Crippen molar-refractivity contribution >= 4 is 5.96 Å². The van der Waals surface area contributed by atoms with E-state index in [1.165, 1.54) is 12.1 Å². The van der Waals surface area contributed by atoms with Gasteiger partial charge >= 0.3 is 0 Å². The maximum Gasteiger partial charge on any atom is 0.188 e. The Hall–Kier alpha value is -1.78. The Morgan fingerprint density at radius 2 is 2.00 bits per heavy atom. The van der Waals surface area contributed by atoms with Crippen LogP contribution in [0.5, 0.6) is 5.75 Å². The highest BCUT2D eigenvalue weighted by atomic mass is 19.1. The molecule has 0 heterocycles. The van der Waals surface area contributed by atoms with Crippen molar-refractivity contribution in [3.05, 3.63) is 30.1 Å². The van der Waals surface area contributed by atoms with Crippen LogP contribution in [0.2, 0.25) is 0 Å². The first kappa shape index (κ1) is 16.3. The van der Waals surface area contributed by atoms with Gasteiger partial charge in [-0.05, 0) is 43.0 Å². The van der Waals surface area contributed by atoms with Crippen molar-refractivity contribution in [3.63, 3.8) is 0 Å². The highest BCUT2D eigenvalue weighted by molar-refractivity contribution is 5.77. The average molecular weight is 281 g/mol. The molecule has 112 valence electrons. The summed E-state index contributed by atoms with van der Waals surface area (Å²) >= 11 is 0. The Morgan fingerprint density at radius 1 is 1.30 bits per heavy atom. The minimum atomic E-state index is -0.252. The summed E-state index contributed by atoms with van der Waals surface area (Å²) in [5, 5.41) is 3.07. The SMILES string of the molecule is CC(C)CN=C(N)NCCCCOc1ccc(F)cc1. The monoisotopic (exact) mass is 281 g/mol. The molecule has 0 saturated carbocycles. The molecule has 3 N–H and O–H groups in total. The van der Waals surface area contributed by atoms with E-state index in [2.05, 4.69) is 24.2 Å². The molecule has 0 aromatic heterocycles. The third-order valence-corrected chi connectivity index (χ3v) is 2.59. The first-order valence-corrected chi connectivity index (χ1v) is 7.00. The van der Waals surface area contributed by atoms with Crippen LogP contribution in [-0.2, 0) is 0 Å². The number of guanidine groups is 1. The second-order valence-electron chi connectivity index (χ2n) is 5.06. The number of nitrogens with two attached hydrogens (primary N) is 1. The molecule has 4 nitrogen and oxygen atoms in total. The van der Waals surface area contributed by atoms with Crippen molar-refractivity contribution in [1.29, 1.82) is 0 Å². The summed E-state index contributed by atoms with van der Waals surface area (Å²) in [6.07, 6.45) is 1.85. The Kier molecular flexibility index (Phi) is 7.47. The molecule has 5 heteroatoms. The fourth-order valence-corrected chi connectivity index (χ4v) is 1.50. The number of benzene rings is 1. The number of nitrogens with zero attached hydrogens (tertiary/aromatic N) is 1. The minimum absolute atomic E-state index is 0.252. The molecular formula is C15H24FN3O. The van der Waals surface area contributed by atoms with Gasteiger partial charge in [-0.3, -0.25) is 4.99 Å². The highest BCUT2D eigenvalue weighted by Gasteiger charge is 1.96. The molecule has 0 spiro atoms. The van der Waals surface area contributed by atoms with E-state index >= 15 is 0 Å². The van der Waals surface area contributed by atoms with Crippen molar-refractivity contribution in [2.45, 2.75) is 26.7 Å². The Balaban J connectivity index is 2.05. The predicted octanol–water partition coefficient (Wildman–Crippen LogP) is 2.54. The van der Waals surface area contributed by atoms with Crippen molar-refractivity contribution in [2.75, 3.05) is 19.7 Å². The molecule has 0 aliphatic carbocycles. The summed E-state index contributed by atoms with van der Waals surface area (Å²) in [4.78, 5) is 4.21. The Morgan fingerprint density at radius 3 is 2.65 bits per heavy atom. The largest absolute Gasteiger partial charge is 0.494 e. The van der Waals surface area contributed by atoms with Gasteiger partial charge in [-0.1, -0.05) is 13.8 Å². The maximum absolute atomic E-state index is 12.7. The van der Waals surface area contributed by atoms with Crippen LogP contribution in [0, 0.1) is 11.7 Å². The standard InChI is InChI=1S/C15H24FN3O/c1-12(2)11-19-15(17)18-9-3-4-10-20-14-7-5-13(16)6-8-14/h5-8,12H,3-4,9-11H2,1-2H3,(H3,17,18,19). The van der Waals surface area contributed by atoms with Crippen LogP contribution in [0.15, 0.2) is 29.3 Å². The quantitative estimate of drug-likeness (QED) is 0.437. The minimum Gasteiger partial charge on any atom is -0.494 e. The van der Waals surface area contributed by atoms with E-state index in [4.69, 9.17) is 10.5 Å². The number of ether oxygens (including phenoxy) is 1. The molecule has 0 unspecified atom stereocenters. The van der Waals surface area contributed by atoms with Crippen LogP contribution < -0.4 is 15.8 Å². The van der Waals surface area contributed by atoms with E-state index in [1.54, 1.807) is 12.1 Å². The second kappa shape index (κ2) is 9.18. The maximum atomic E-state index is 12.7. The smallest absolute Gasteiger partial charge is 0.188 e. The molecular weight excluding hydrogens is 257 g/mol. The molecule has 0 radical (unpaired) electrons. The van der Waals surface area contributed by atoms with Crippen molar-refractivity contribution in [2.24, 2.45) is 16.6 Å². The fourth-order valence-electron chi connectivity index (χ4n) is 1.50. The van der Waals surface area contributed by atoms with E-state index < -0.39 is 0 Å². The molecule has 1 aromatic rings. The van der Waals surface area contributed by atoms with E-state index in [0.29, 0.717) is 24.2 Å². The molecule has 0 bridgehead atoms. The topological polar surface area (TPSA) is 59.6 Å². The van der Waals surface area contributed by atoms with E-state index in [-0.39, 0.29) is 5.82 Å². The van der Waals surface area contributed by atoms with Gasteiger partial charge in [0.15, 0.2) is 5.96 Å². The Bertz CT molecular complexity index is 404. The van der Waals surface area contributed by atoms with Gasteiger partial charge in [-0.25, -0.2) is 4.39 Å². The zero-order valence-electron chi connectivity index (χ0n) is 12.2. The van der Waals surface area contributed by atoms with Gasteiger partial charge in [0.1, 0.15) is 11.6 Å². The second-order valence-corrected chi connectivity index (χ2v) is 5.06. The number of hydrogen-bond donors (Lipinski definition) is 2. The number of aliphatic imine (C=N–C) groups is 1. The van der Waals surface area contributed by atoms with Gasteiger partial charge in [0, 0.05) is 13.1 Å². The number of halogens is 1. The number of hydrogen-bond acceptors (Lipinski definition) is 2. The first-order valence-electron chi connectivity index (χ1n) is 7.00. The van der Waals surface area contributed by atoms with E-state index in [0.717, 1.165) is 25.9 Å². The zero-order chi connectivity index (χ0) is 14.8. The Labute approximate surface area is 120 Å². The zero-order valence-corrected chi connectivity index (χ0v) is 12.2. The van der Waals surface area contributed by atoms with Crippen LogP contribution in [-0.4, -0.2) is 25.7 Å². The lowest BCUT2D eigenvalue weighted by Crippen LogP contribution is -2.33. The van der Waals surface area contributed by atoms with E-state index in [1.807, 2.05) is 0 Å². The van der Waals surface area contributed by atoms with Crippen molar-refractivity contribution in [1.82, 2.24) is 5.32 Å². The highest BCUT2D eigenvalue weighted by Crippen LogP contribution is 2.11. The first-order chi connectivity index (χ1) is 9.58. The molecule has 0 fully saturated rings. The number of nitrogens with one attached hydrogen (secondary N) is 1. The third kappa shape index (κ3) is 7.61. The summed E-state index contributed by atoms with van der Waals surface area (Å²) in [5.41, 5.74) is 5.71. The van der Waals surface area contributed by atoms with Gasteiger partial charge in [-0.2, -0.15) is 0 Å². The predicted molar refractivity (Wildman–Crippen MR) is 80.5 cm³/mol. The third-order valence-electron chi connectivity index (χ3n) is 2.59. The number of rotatable bonds is 8. The van der Waals surface area contributed by atoms with Crippen LogP contribution in [0.4, 0.5) is 4.39 Å². The van der Waals surface area contributed by atoms with Gasteiger partial charge in [0.25, 0.3) is 0 Å². The summed E-state index contributed by atoms with van der Waals surface area (Å²) in [7, 11) is 0. The molecule has 1 aromatic carbocycles. The molecule has 20 heavy (non-hydrogen) atoms. The molecule has 0 aliphatic rings. The fraction of sp³-hybridized carbons (Fsp3) is 0.533. The lowest BCUT2D eigenvalue weighted by atomic mass is 10.2. The van der Waals surface area contributed by atoms with Gasteiger partial charge in [0.2, 0.25) is 0 Å². The lowest BCUT2D eigenvalue weighted by molar-refractivity contribution is 0.306.